The number of para-hydroxylation sites is 1. The molecule has 4 heteroatoms. The van der Waals surface area contributed by atoms with Crippen LogP contribution < -0.4 is 4.84 Å². The highest BCUT2D eigenvalue weighted by Gasteiger charge is 2.07. The van der Waals surface area contributed by atoms with Gasteiger partial charge in [-0.1, -0.05) is 23.4 Å². The van der Waals surface area contributed by atoms with E-state index < -0.39 is 0 Å². The third-order valence-electron chi connectivity index (χ3n) is 1.84. The lowest BCUT2D eigenvalue weighted by Gasteiger charge is -1.97. The van der Waals surface area contributed by atoms with Gasteiger partial charge in [0.1, 0.15) is 0 Å². The van der Waals surface area contributed by atoms with Crippen molar-refractivity contribution < 1.29 is 14.0 Å². The van der Waals surface area contributed by atoms with Crippen molar-refractivity contribution in [2.75, 3.05) is 0 Å². The third-order valence-corrected chi connectivity index (χ3v) is 1.84. The van der Waals surface area contributed by atoms with Crippen LogP contribution in [0.2, 0.25) is 0 Å². The predicted molar refractivity (Wildman–Crippen MR) is 58.0 cm³/mol. The Balaban J connectivity index is 2.14. The van der Waals surface area contributed by atoms with E-state index >= 15 is 0 Å². The molecule has 2 aromatic rings. The monoisotopic (exact) mass is 214 g/mol. The molecule has 0 amide bonds. The van der Waals surface area contributed by atoms with E-state index in [2.05, 4.69) is 5.16 Å². The Labute approximate surface area is 92.1 Å². The van der Waals surface area contributed by atoms with Crippen molar-refractivity contribution in [3.63, 3.8) is 0 Å². The van der Waals surface area contributed by atoms with Gasteiger partial charge in [0.2, 0.25) is 0 Å². The van der Waals surface area contributed by atoms with Gasteiger partial charge in [0.05, 0.1) is 6.26 Å². The Bertz CT molecular complexity index is 474. The maximum Gasteiger partial charge on any atom is 0.261 e. The molecule has 0 N–H and O–H groups in total. The van der Waals surface area contributed by atoms with Gasteiger partial charge in [-0.05, 0) is 24.3 Å². The number of hydrogen-bond donors (Lipinski definition) is 0. The number of hydrogen-bond acceptors (Lipinski definition) is 4. The van der Waals surface area contributed by atoms with Gasteiger partial charge in [-0.2, -0.15) is 0 Å². The van der Waals surface area contributed by atoms with Crippen LogP contribution in [0.25, 0.3) is 0 Å². The van der Waals surface area contributed by atoms with Crippen molar-refractivity contribution >= 4 is 12.0 Å². The number of nitrogens with zero attached hydrogens (tertiary/aromatic N) is 1. The maximum absolute atomic E-state index is 10.6. The van der Waals surface area contributed by atoms with Gasteiger partial charge < -0.3 is 9.25 Å². The van der Waals surface area contributed by atoms with Gasteiger partial charge in [-0.3, -0.25) is 4.79 Å². The van der Waals surface area contributed by atoms with Crippen molar-refractivity contribution in [1.29, 1.82) is 0 Å². The van der Waals surface area contributed by atoms with E-state index in [1.165, 1.54) is 6.26 Å². The molecule has 0 aliphatic heterocycles. The summed E-state index contributed by atoms with van der Waals surface area (Å²) in [7, 11) is 0. The normalized spacial score (nSPS) is 11.1. The summed E-state index contributed by atoms with van der Waals surface area (Å²) in [5.74, 6) is 0.868. The number of rotatable bonds is 4. The summed E-state index contributed by atoms with van der Waals surface area (Å²) in [4.78, 5) is 15.7. The first-order valence-corrected chi connectivity index (χ1v) is 4.62. The van der Waals surface area contributed by atoms with Crippen LogP contribution in [0.15, 0.2) is 58.3 Å². The molecule has 0 atom stereocenters. The van der Waals surface area contributed by atoms with Crippen LogP contribution in [0.1, 0.15) is 5.76 Å². The lowest BCUT2D eigenvalue weighted by molar-refractivity contribution is 0.341. The molecular weight excluding hydrogens is 206 g/mol. The molecular formula is C12H8NO3. The molecule has 1 aromatic heterocycles. The number of oxime groups is 1. The lowest BCUT2D eigenvalue weighted by atomic mass is 10.3. The van der Waals surface area contributed by atoms with Crippen molar-refractivity contribution in [2.24, 2.45) is 5.16 Å². The summed E-state index contributed by atoms with van der Waals surface area (Å²) in [6, 6.07) is 12.2. The topological polar surface area (TPSA) is 51.8 Å². The Morgan fingerprint density at radius 2 is 2.00 bits per heavy atom. The SMILES string of the molecule is O=[C]C(=NOc1ccccc1)c1ccco1. The molecule has 0 aliphatic rings. The zero-order valence-corrected chi connectivity index (χ0v) is 8.29. The van der Waals surface area contributed by atoms with Crippen LogP contribution in [-0.2, 0) is 4.79 Å². The highest BCUT2D eigenvalue weighted by Crippen LogP contribution is 2.09. The van der Waals surface area contributed by atoms with Crippen molar-refractivity contribution in [3.8, 4) is 5.75 Å². The third kappa shape index (κ3) is 2.36. The summed E-state index contributed by atoms with van der Waals surface area (Å²) < 4.78 is 5.00. The van der Waals surface area contributed by atoms with E-state index in [9.17, 15) is 4.79 Å². The highest BCUT2D eigenvalue weighted by atomic mass is 16.6. The predicted octanol–water partition coefficient (Wildman–Crippen LogP) is 2.17. The van der Waals surface area contributed by atoms with Gasteiger partial charge in [0.15, 0.2) is 17.2 Å². The second kappa shape index (κ2) is 4.93. The molecule has 0 saturated carbocycles. The highest BCUT2D eigenvalue weighted by molar-refractivity contribution is 6.35. The fourth-order valence-electron chi connectivity index (χ4n) is 1.11. The lowest BCUT2D eigenvalue weighted by Crippen LogP contribution is -2.02. The van der Waals surface area contributed by atoms with E-state index in [0.717, 1.165) is 0 Å². The second-order valence-electron chi connectivity index (χ2n) is 2.92. The largest absolute Gasteiger partial charge is 0.462 e. The number of furan rings is 1. The van der Waals surface area contributed by atoms with Gasteiger partial charge in [0, 0.05) is 0 Å². The Morgan fingerprint density at radius 3 is 2.62 bits per heavy atom. The molecule has 16 heavy (non-hydrogen) atoms. The molecule has 0 saturated heterocycles. The minimum atomic E-state index is -0.00569. The molecule has 1 radical (unpaired) electrons. The molecule has 0 unspecified atom stereocenters. The van der Waals surface area contributed by atoms with Crippen LogP contribution in [0, 0.1) is 0 Å². The van der Waals surface area contributed by atoms with E-state index in [0.29, 0.717) is 11.5 Å². The first kappa shape index (κ1) is 10.2. The standard InChI is InChI=1S/C12H8NO3/c14-9-11(12-7-4-8-15-12)13-16-10-5-2-1-3-6-10/h1-8H. The molecule has 2 rings (SSSR count). The van der Waals surface area contributed by atoms with Gasteiger partial charge in [-0.25, -0.2) is 0 Å². The first-order chi connectivity index (χ1) is 7.90. The van der Waals surface area contributed by atoms with Gasteiger partial charge in [0.25, 0.3) is 6.29 Å². The number of benzene rings is 1. The zero-order chi connectivity index (χ0) is 11.2. The van der Waals surface area contributed by atoms with Crippen molar-refractivity contribution in [2.45, 2.75) is 0 Å². The maximum atomic E-state index is 10.6. The van der Waals surface area contributed by atoms with E-state index in [4.69, 9.17) is 9.25 Å². The smallest absolute Gasteiger partial charge is 0.261 e. The summed E-state index contributed by atoms with van der Waals surface area (Å²) in [6.07, 6.45) is 3.11. The Hall–Kier alpha value is -2.36. The minimum Gasteiger partial charge on any atom is -0.462 e. The Morgan fingerprint density at radius 1 is 1.19 bits per heavy atom. The van der Waals surface area contributed by atoms with Crippen molar-refractivity contribution in [1.82, 2.24) is 0 Å². The van der Waals surface area contributed by atoms with Crippen LogP contribution >= 0.6 is 0 Å². The van der Waals surface area contributed by atoms with Gasteiger partial charge >= 0.3 is 0 Å². The number of carbonyl (C=O) groups excluding carboxylic acids is 1. The summed E-state index contributed by atoms with van der Waals surface area (Å²) in [5, 5.41) is 3.65. The van der Waals surface area contributed by atoms with Crippen LogP contribution in [0.3, 0.4) is 0 Å². The van der Waals surface area contributed by atoms with Crippen LogP contribution in [-0.4, -0.2) is 12.0 Å². The molecule has 0 fully saturated rings. The van der Waals surface area contributed by atoms with Crippen molar-refractivity contribution in [3.05, 3.63) is 54.5 Å². The summed E-state index contributed by atoms with van der Waals surface area (Å²) >= 11 is 0. The molecule has 79 valence electrons. The zero-order valence-electron chi connectivity index (χ0n) is 8.29. The fraction of sp³-hybridized carbons (Fsp3) is 0. The van der Waals surface area contributed by atoms with E-state index in [1.807, 2.05) is 18.2 Å². The molecule has 0 spiro atoms. The van der Waals surface area contributed by atoms with Gasteiger partial charge in [-0.15, -0.1) is 0 Å². The minimum absolute atomic E-state index is 0.00569. The average Bonchev–Trinajstić information content (AvgIpc) is 2.85. The van der Waals surface area contributed by atoms with Crippen LogP contribution in [0.5, 0.6) is 5.75 Å². The van der Waals surface area contributed by atoms with E-state index in [1.54, 1.807) is 30.6 Å². The second-order valence-corrected chi connectivity index (χ2v) is 2.92. The molecule has 1 heterocycles. The fourth-order valence-corrected chi connectivity index (χ4v) is 1.11. The summed E-state index contributed by atoms with van der Waals surface area (Å²) in [5.41, 5.74) is -0.00569. The first-order valence-electron chi connectivity index (χ1n) is 4.62. The van der Waals surface area contributed by atoms with Crippen LogP contribution in [0.4, 0.5) is 0 Å². The molecule has 0 bridgehead atoms. The van der Waals surface area contributed by atoms with E-state index in [-0.39, 0.29) is 5.71 Å². The summed E-state index contributed by atoms with van der Waals surface area (Å²) in [6.45, 7) is 0. The average molecular weight is 214 g/mol. The molecule has 0 aliphatic carbocycles. The quantitative estimate of drug-likeness (QED) is 0.579. The Kier molecular flexibility index (Phi) is 3.13. The molecule has 4 nitrogen and oxygen atoms in total. The molecule has 1 aromatic carbocycles.